The number of carbonyl (C=O) groups is 1. The highest BCUT2D eigenvalue weighted by Gasteiger charge is 2.16. The summed E-state index contributed by atoms with van der Waals surface area (Å²) < 4.78 is 4.92. The molecule has 0 spiro atoms. The van der Waals surface area contributed by atoms with Crippen molar-refractivity contribution in [3.8, 4) is 0 Å². The van der Waals surface area contributed by atoms with Gasteiger partial charge >= 0.3 is 5.63 Å². The molecule has 1 heterocycles. The normalized spacial score (nSPS) is 12.7. The lowest BCUT2D eigenvalue weighted by molar-refractivity contribution is 0.0991. The van der Waals surface area contributed by atoms with E-state index < -0.39 is 17.6 Å². The van der Waals surface area contributed by atoms with Crippen molar-refractivity contribution in [3.05, 3.63) is 69.8 Å². The number of aliphatic hydroxyl groups is 1. The van der Waals surface area contributed by atoms with Gasteiger partial charge in [0.2, 0.25) is 0 Å². The number of nitrogens with one attached hydrogen (secondary N) is 1. The predicted octanol–water partition coefficient (Wildman–Crippen LogP) is 2.47. The Balaban J connectivity index is 2.30. The maximum absolute atomic E-state index is 12.2. The highest BCUT2D eigenvalue weighted by atomic mass is 16.4. The van der Waals surface area contributed by atoms with E-state index in [2.05, 4.69) is 5.32 Å². The first-order valence-electron chi connectivity index (χ1n) is 7.03. The zero-order valence-corrected chi connectivity index (χ0v) is 12.9. The maximum Gasteiger partial charge on any atom is 0.336 e. The van der Waals surface area contributed by atoms with Gasteiger partial charge in [-0.25, -0.2) is 4.79 Å². The quantitative estimate of drug-likeness (QED) is 0.594. The van der Waals surface area contributed by atoms with Crippen LogP contribution >= 0.6 is 0 Å². The third kappa shape index (κ3) is 4.08. The fraction of sp³-hybridized carbons (Fsp3) is 0.176. The Morgan fingerprint density at radius 2 is 2.09 bits per heavy atom. The van der Waals surface area contributed by atoms with Crippen LogP contribution < -0.4 is 16.7 Å². The molecule has 120 valence electrons. The molecule has 1 aromatic heterocycles. The van der Waals surface area contributed by atoms with Crippen LogP contribution in [0.15, 0.2) is 57.3 Å². The highest BCUT2D eigenvalue weighted by Crippen LogP contribution is 2.21. The molecule has 1 atom stereocenters. The van der Waals surface area contributed by atoms with Gasteiger partial charge in [0.1, 0.15) is 6.10 Å². The lowest BCUT2D eigenvalue weighted by Crippen LogP contribution is -2.16. The molecule has 1 aromatic carbocycles. The second-order valence-electron chi connectivity index (χ2n) is 5.09. The molecular formula is C17H18N2O4. The van der Waals surface area contributed by atoms with Crippen molar-refractivity contribution in [1.29, 1.82) is 0 Å². The molecule has 0 fully saturated rings. The van der Waals surface area contributed by atoms with E-state index in [1.807, 2.05) is 0 Å². The van der Waals surface area contributed by atoms with E-state index in [0.29, 0.717) is 22.5 Å². The van der Waals surface area contributed by atoms with E-state index in [4.69, 9.17) is 10.2 Å². The van der Waals surface area contributed by atoms with Crippen molar-refractivity contribution >= 4 is 17.3 Å². The number of anilines is 2. The van der Waals surface area contributed by atoms with Crippen molar-refractivity contribution in [2.45, 2.75) is 20.0 Å². The standard InChI is InChI=1S/C17H18N2O4/c1-3-10(2)16(21)11-7-14(23-15(20)8-11)17(22)19-13-6-4-5-12(18)9-13/h3-9,16,21H,18H2,1-2H3,(H,19,22). The first kappa shape index (κ1) is 16.5. The monoisotopic (exact) mass is 314 g/mol. The number of benzene rings is 1. The summed E-state index contributed by atoms with van der Waals surface area (Å²) in [6, 6.07) is 9.13. The molecule has 1 unspecified atom stereocenters. The third-order valence-corrected chi connectivity index (χ3v) is 3.36. The molecule has 1 amide bonds. The predicted molar refractivity (Wildman–Crippen MR) is 88.2 cm³/mol. The first-order valence-corrected chi connectivity index (χ1v) is 7.03. The van der Waals surface area contributed by atoms with Crippen molar-refractivity contribution < 1.29 is 14.3 Å². The summed E-state index contributed by atoms with van der Waals surface area (Å²) in [6.07, 6.45) is 0.759. The summed E-state index contributed by atoms with van der Waals surface area (Å²) in [5.41, 5.74) is 6.88. The van der Waals surface area contributed by atoms with Crippen LogP contribution in [0.25, 0.3) is 0 Å². The molecule has 6 nitrogen and oxygen atoms in total. The van der Waals surface area contributed by atoms with E-state index in [-0.39, 0.29) is 5.76 Å². The molecule has 4 N–H and O–H groups in total. The van der Waals surface area contributed by atoms with Crippen LogP contribution in [0.5, 0.6) is 0 Å². The van der Waals surface area contributed by atoms with Gasteiger partial charge in [-0.05, 0) is 49.2 Å². The molecule has 0 saturated heterocycles. The van der Waals surface area contributed by atoms with Crippen LogP contribution in [-0.4, -0.2) is 11.0 Å². The molecule has 0 aliphatic rings. The van der Waals surface area contributed by atoms with Crippen molar-refractivity contribution in [2.75, 3.05) is 11.1 Å². The van der Waals surface area contributed by atoms with Crippen LogP contribution in [0.2, 0.25) is 0 Å². The van der Waals surface area contributed by atoms with Gasteiger partial charge in [0.05, 0.1) is 0 Å². The van der Waals surface area contributed by atoms with Gasteiger partial charge in [0.25, 0.3) is 5.91 Å². The fourth-order valence-corrected chi connectivity index (χ4v) is 2.00. The number of rotatable bonds is 4. The number of hydrogen-bond acceptors (Lipinski definition) is 5. The van der Waals surface area contributed by atoms with Crippen LogP contribution in [0.1, 0.15) is 36.1 Å². The number of nitrogen functional groups attached to an aromatic ring is 1. The molecular weight excluding hydrogens is 296 g/mol. The van der Waals surface area contributed by atoms with Crippen LogP contribution in [0.4, 0.5) is 11.4 Å². The van der Waals surface area contributed by atoms with Crippen molar-refractivity contribution in [3.63, 3.8) is 0 Å². The molecule has 0 saturated carbocycles. The molecule has 2 aromatic rings. The largest absolute Gasteiger partial charge is 0.417 e. The summed E-state index contributed by atoms with van der Waals surface area (Å²) in [4.78, 5) is 23.9. The number of amides is 1. The average molecular weight is 314 g/mol. The minimum Gasteiger partial charge on any atom is -0.417 e. The van der Waals surface area contributed by atoms with E-state index in [0.717, 1.165) is 6.07 Å². The Labute approximate surface area is 133 Å². The van der Waals surface area contributed by atoms with Gasteiger partial charge in [-0.15, -0.1) is 0 Å². The molecule has 0 radical (unpaired) electrons. The molecule has 0 aliphatic carbocycles. The lowest BCUT2D eigenvalue weighted by Gasteiger charge is -2.12. The number of carbonyl (C=O) groups excluding carboxylic acids is 1. The lowest BCUT2D eigenvalue weighted by atomic mass is 10.0. The van der Waals surface area contributed by atoms with Crippen LogP contribution in [-0.2, 0) is 0 Å². The van der Waals surface area contributed by atoms with Gasteiger partial charge in [-0.2, -0.15) is 0 Å². The smallest absolute Gasteiger partial charge is 0.336 e. The molecule has 2 rings (SSSR count). The van der Waals surface area contributed by atoms with E-state index in [1.165, 1.54) is 6.07 Å². The number of hydrogen-bond donors (Lipinski definition) is 3. The van der Waals surface area contributed by atoms with Gasteiger partial charge in [0, 0.05) is 17.4 Å². The van der Waals surface area contributed by atoms with Crippen molar-refractivity contribution in [2.24, 2.45) is 0 Å². The maximum atomic E-state index is 12.2. The van der Waals surface area contributed by atoms with Crippen molar-refractivity contribution in [1.82, 2.24) is 0 Å². The van der Waals surface area contributed by atoms with Gasteiger partial charge in [0.15, 0.2) is 5.76 Å². The number of aliphatic hydroxyl groups excluding tert-OH is 1. The highest BCUT2D eigenvalue weighted by molar-refractivity contribution is 6.02. The zero-order chi connectivity index (χ0) is 17.0. The Morgan fingerprint density at radius 1 is 1.35 bits per heavy atom. The van der Waals surface area contributed by atoms with Crippen LogP contribution in [0.3, 0.4) is 0 Å². The van der Waals surface area contributed by atoms with Gasteiger partial charge in [-0.1, -0.05) is 12.1 Å². The molecule has 6 heteroatoms. The van der Waals surface area contributed by atoms with E-state index in [9.17, 15) is 14.7 Å². The topological polar surface area (TPSA) is 106 Å². The minimum absolute atomic E-state index is 0.183. The third-order valence-electron chi connectivity index (χ3n) is 3.36. The fourth-order valence-electron chi connectivity index (χ4n) is 2.00. The van der Waals surface area contributed by atoms with Crippen LogP contribution in [0, 0.1) is 0 Å². The Kier molecular flexibility index (Phi) is 4.98. The molecule has 23 heavy (non-hydrogen) atoms. The second-order valence-corrected chi connectivity index (χ2v) is 5.09. The average Bonchev–Trinajstić information content (AvgIpc) is 2.52. The molecule has 0 bridgehead atoms. The summed E-state index contributed by atoms with van der Waals surface area (Å²) >= 11 is 0. The van der Waals surface area contributed by atoms with E-state index in [1.54, 1.807) is 44.2 Å². The number of allylic oxidation sites excluding steroid dienone is 1. The summed E-state index contributed by atoms with van der Waals surface area (Å²) in [5, 5.41) is 12.7. The van der Waals surface area contributed by atoms with Gasteiger partial charge in [-0.3, -0.25) is 4.79 Å². The Morgan fingerprint density at radius 3 is 2.74 bits per heavy atom. The summed E-state index contributed by atoms with van der Waals surface area (Å²) in [6.45, 7) is 3.50. The van der Waals surface area contributed by atoms with Gasteiger partial charge < -0.3 is 20.6 Å². The summed E-state index contributed by atoms with van der Waals surface area (Å²) in [5.74, 6) is -0.780. The number of nitrogens with two attached hydrogens (primary N) is 1. The Bertz CT molecular complexity index is 808. The first-order chi connectivity index (χ1) is 10.9. The van der Waals surface area contributed by atoms with E-state index >= 15 is 0 Å². The Hall–Kier alpha value is -2.86. The minimum atomic E-state index is -0.969. The molecule has 0 aliphatic heterocycles. The zero-order valence-electron chi connectivity index (χ0n) is 12.9. The summed E-state index contributed by atoms with van der Waals surface area (Å²) in [7, 11) is 0. The SMILES string of the molecule is CC=C(C)C(O)c1cc(C(=O)Nc2cccc(N)c2)oc(=O)c1. The second kappa shape index (κ2) is 6.93.